The molecule has 0 aliphatic carbocycles. The van der Waals surface area contributed by atoms with Crippen molar-refractivity contribution in [3.05, 3.63) is 60.2 Å². The van der Waals surface area contributed by atoms with Crippen LogP contribution in [0.2, 0.25) is 0 Å². The molecule has 1 amide bonds. The number of hydrogen-bond donors (Lipinski definition) is 0. The minimum atomic E-state index is -0.0791. The van der Waals surface area contributed by atoms with Gasteiger partial charge in [0.25, 0.3) is 5.91 Å². The fourth-order valence-electron chi connectivity index (χ4n) is 3.45. The molecular weight excluding hydrogens is 446 g/mol. The average molecular weight is 472 g/mol. The van der Waals surface area contributed by atoms with Crippen LogP contribution >= 0.6 is 23.7 Å². The van der Waals surface area contributed by atoms with Crippen molar-refractivity contribution in [1.29, 1.82) is 0 Å². The van der Waals surface area contributed by atoms with Crippen molar-refractivity contribution in [2.24, 2.45) is 0 Å². The number of carbonyl (C=O) groups is 1. The molecule has 4 aromatic rings. The highest BCUT2D eigenvalue weighted by Crippen LogP contribution is 2.40. The van der Waals surface area contributed by atoms with Crippen molar-refractivity contribution in [3.63, 3.8) is 0 Å². The molecule has 8 heteroatoms. The van der Waals surface area contributed by atoms with Gasteiger partial charge in [0.05, 0.1) is 14.2 Å². The fraction of sp³-hybridized carbons (Fsp3) is 0.250. The van der Waals surface area contributed by atoms with E-state index in [1.807, 2.05) is 68.7 Å². The molecule has 0 saturated heterocycles. The maximum Gasteiger partial charge on any atom is 0.260 e. The third kappa shape index (κ3) is 4.65. The van der Waals surface area contributed by atoms with Gasteiger partial charge < -0.3 is 14.4 Å². The molecule has 1 heterocycles. The molecule has 0 spiro atoms. The van der Waals surface area contributed by atoms with E-state index in [1.54, 1.807) is 19.1 Å². The highest BCUT2D eigenvalue weighted by atomic mass is 35.5. The molecule has 0 N–H and O–H groups in total. The number of anilines is 1. The van der Waals surface area contributed by atoms with Crippen LogP contribution in [0.15, 0.2) is 54.6 Å². The molecule has 0 bridgehead atoms. The first-order valence-corrected chi connectivity index (χ1v) is 10.8. The number of ether oxygens (including phenoxy) is 2. The van der Waals surface area contributed by atoms with Gasteiger partial charge >= 0.3 is 0 Å². The summed E-state index contributed by atoms with van der Waals surface area (Å²) in [5.74, 6) is 1.29. The Balaban J connectivity index is 0.00000289. The number of benzene rings is 3. The van der Waals surface area contributed by atoms with Gasteiger partial charge in [0.15, 0.2) is 5.13 Å². The molecule has 0 unspecified atom stereocenters. The zero-order valence-electron chi connectivity index (χ0n) is 18.5. The predicted octanol–water partition coefficient (Wildman–Crippen LogP) is 5.10. The SMILES string of the molecule is COc1ccc(OC)c2sc(N(CCN(C)C)C(=O)c3ccc4ccccc4c3)nc12.Cl. The predicted molar refractivity (Wildman–Crippen MR) is 134 cm³/mol. The smallest absolute Gasteiger partial charge is 0.260 e. The van der Waals surface area contributed by atoms with E-state index in [2.05, 4.69) is 4.90 Å². The van der Waals surface area contributed by atoms with Crippen LogP contribution in [0.1, 0.15) is 10.4 Å². The lowest BCUT2D eigenvalue weighted by molar-refractivity contribution is 0.0985. The Morgan fingerprint density at radius 2 is 1.62 bits per heavy atom. The number of methoxy groups -OCH3 is 2. The number of halogens is 1. The summed E-state index contributed by atoms with van der Waals surface area (Å²) in [6.45, 7) is 1.23. The van der Waals surface area contributed by atoms with Crippen LogP contribution in [-0.4, -0.2) is 57.2 Å². The normalized spacial score (nSPS) is 10.9. The van der Waals surface area contributed by atoms with E-state index in [0.717, 1.165) is 15.5 Å². The molecule has 6 nitrogen and oxygen atoms in total. The van der Waals surface area contributed by atoms with Crippen LogP contribution < -0.4 is 14.4 Å². The molecule has 168 valence electrons. The molecule has 32 heavy (non-hydrogen) atoms. The van der Waals surface area contributed by atoms with Gasteiger partial charge in [-0.1, -0.05) is 41.7 Å². The number of thiazole rings is 1. The number of carbonyl (C=O) groups excluding carboxylic acids is 1. The van der Waals surface area contributed by atoms with E-state index in [1.165, 1.54) is 11.3 Å². The molecule has 0 fully saturated rings. The maximum absolute atomic E-state index is 13.6. The van der Waals surface area contributed by atoms with Crippen molar-refractivity contribution < 1.29 is 14.3 Å². The Morgan fingerprint density at radius 3 is 2.31 bits per heavy atom. The van der Waals surface area contributed by atoms with Crippen LogP contribution in [0.25, 0.3) is 21.0 Å². The second-order valence-electron chi connectivity index (χ2n) is 7.47. The van der Waals surface area contributed by atoms with Gasteiger partial charge in [-0.3, -0.25) is 9.69 Å². The summed E-state index contributed by atoms with van der Waals surface area (Å²) in [6, 6.07) is 17.5. The minimum absolute atomic E-state index is 0. The van der Waals surface area contributed by atoms with Crippen LogP contribution in [0.5, 0.6) is 11.5 Å². The quantitative estimate of drug-likeness (QED) is 0.375. The number of aromatic nitrogens is 1. The van der Waals surface area contributed by atoms with Gasteiger partial charge in [0.2, 0.25) is 0 Å². The van der Waals surface area contributed by atoms with Crippen LogP contribution in [0.3, 0.4) is 0 Å². The lowest BCUT2D eigenvalue weighted by atomic mass is 10.1. The number of fused-ring (bicyclic) bond motifs is 2. The van der Waals surface area contributed by atoms with E-state index in [4.69, 9.17) is 14.5 Å². The number of nitrogens with zero attached hydrogens (tertiary/aromatic N) is 3. The largest absolute Gasteiger partial charge is 0.495 e. The Kier molecular flexibility index (Phi) is 7.56. The highest BCUT2D eigenvalue weighted by Gasteiger charge is 2.24. The molecule has 4 rings (SSSR count). The van der Waals surface area contributed by atoms with Crippen molar-refractivity contribution in [1.82, 2.24) is 9.88 Å². The average Bonchev–Trinajstić information content (AvgIpc) is 3.23. The minimum Gasteiger partial charge on any atom is -0.495 e. The van der Waals surface area contributed by atoms with E-state index in [0.29, 0.717) is 40.8 Å². The van der Waals surface area contributed by atoms with Gasteiger partial charge in [0.1, 0.15) is 21.7 Å². The van der Waals surface area contributed by atoms with Crippen LogP contribution in [0.4, 0.5) is 5.13 Å². The summed E-state index contributed by atoms with van der Waals surface area (Å²) in [5.41, 5.74) is 1.33. The molecule has 0 radical (unpaired) electrons. The molecule has 0 aliphatic heterocycles. The van der Waals surface area contributed by atoms with Gasteiger partial charge in [-0.15, -0.1) is 12.4 Å². The lowest BCUT2D eigenvalue weighted by Gasteiger charge is -2.22. The summed E-state index contributed by atoms with van der Waals surface area (Å²) in [7, 11) is 7.22. The molecule has 1 aromatic heterocycles. The first-order chi connectivity index (χ1) is 15.0. The van der Waals surface area contributed by atoms with E-state index < -0.39 is 0 Å². The number of rotatable bonds is 7. The summed E-state index contributed by atoms with van der Waals surface area (Å²) in [5, 5.41) is 2.76. The van der Waals surface area contributed by atoms with E-state index in [-0.39, 0.29) is 18.3 Å². The van der Waals surface area contributed by atoms with Gasteiger partial charge in [-0.05, 0) is 49.1 Å². The van der Waals surface area contributed by atoms with Crippen LogP contribution in [0, 0.1) is 0 Å². The van der Waals surface area contributed by atoms with Gasteiger partial charge in [-0.2, -0.15) is 0 Å². The molecular formula is C24H26ClN3O3S. The summed E-state index contributed by atoms with van der Waals surface area (Å²) in [4.78, 5) is 22.2. The Labute approximate surface area is 197 Å². The first-order valence-electron chi connectivity index (χ1n) is 9.98. The Bertz CT molecular complexity index is 1200. The van der Waals surface area contributed by atoms with Crippen LogP contribution in [-0.2, 0) is 0 Å². The molecule has 0 aliphatic rings. The number of amides is 1. The summed E-state index contributed by atoms with van der Waals surface area (Å²) >= 11 is 1.43. The third-order valence-electron chi connectivity index (χ3n) is 5.14. The molecule has 0 saturated carbocycles. The number of hydrogen-bond acceptors (Lipinski definition) is 6. The second kappa shape index (κ2) is 10.2. The van der Waals surface area contributed by atoms with E-state index >= 15 is 0 Å². The maximum atomic E-state index is 13.6. The zero-order chi connectivity index (χ0) is 22.0. The monoisotopic (exact) mass is 471 g/mol. The Morgan fingerprint density at radius 1 is 0.938 bits per heavy atom. The van der Waals surface area contributed by atoms with Crippen molar-refractivity contribution >= 4 is 55.8 Å². The molecule has 0 atom stereocenters. The summed E-state index contributed by atoms with van der Waals surface area (Å²) < 4.78 is 11.9. The van der Waals surface area contributed by atoms with Crippen molar-refractivity contribution in [2.75, 3.05) is 46.3 Å². The van der Waals surface area contributed by atoms with Crippen molar-refractivity contribution in [3.8, 4) is 11.5 Å². The topological polar surface area (TPSA) is 54.9 Å². The summed E-state index contributed by atoms with van der Waals surface area (Å²) in [6.07, 6.45) is 0. The van der Waals surface area contributed by atoms with Gasteiger partial charge in [-0.25, -0.2) is 4.98 Å². The Hall–Kier alpha value is -2.87. The van der Waals surface area contributed by atoms with Gasteiger partial charge in [0, 0.05) is 18.7 Å². The lowest BCUT2D eigenvalue weighted by Crippen LogP contribution is -2.36. The third-order valence-corrected chi connectivity index (χ3v) is 6.24. The standard InChI is InChI=1S/C24H25N3O3S.ClH/c1-26(2)13-14-27(23(28)18-10-9-16-7-5-6-8-17(16)15-18)24-25-21-19(29-3)11-12-20(30-4)22(21)31-24;/h5-12,15H,13-14H2,1-4H3;1H. The highest BCUT2D eigenvalue weighted by molar-refractivity contribution is 7.22. The first kappa shape index (κ1) is 23.8. The zero-order valence-corrected chi connectivity index (χ0v) is 20.1. The number of likely N-dealkylation sites (N-methyl/N-ethyl adjacent to an activating group) is 1. The van der Waals surface area contributed by atoms with Crippen molar-refractivity contribution in [2.45, 2.75) is 0 Å². The molecule has 3 aromatic carbocycles. The second-order valence-corrected chi connectivity index (χ2v) is 8.44. The fourth-order valence-corrected chi connectivity index (χ4v) is 4.55. The van der Waals surface area contributed by atoms with E-state index in [9.17, 15) is 4.79 Å².